The third kappa shape index (κ3) is 6.53. The zero-order chi connectivity index (χ0) is 22.9. The molecule has 8 heteroatoms. The second-order valence-corrected chi connectivity index (χ2v) is 8.35. The third-order valence-electron chi connectivity index (χ3n) is 6.19. The van der Waals surface area contributed by atoms with E-state index in [2.05, 4.69) is 0 Å². The molecule has 176 valence electrons. The van der Waals surface area contributed by atoms with Crippen LogP contribution in [0.1, 0.15) is 25.8 Å². The fraction of sp³-hybridized carbons (Fsp3) is 0.625. The van der Waals surface area contributed by atoms with Crippen molar-refractivity contribution in [2.24, 2.45) is 5.92 Å². The molecule has 2 aliphatic heterocycles. The molecule has 0 radical (unpaired) electrons. The van der Waals surface area contributed by atoms with Gasteiger partial charge in [0.25, 0.3) is 0 Å². The number of amides is 3. The summed E-state index contributed by atoms with van der Waals surface area (Å²) in [5, 5.41) is 0. The lowest BCUT2D eigenvalue weighted by Gasteiger charge is -2.27. The Balaban J connectivity index is 1.68. The first-order valence-electron chi connectivity index (χ1n) is 11.6. The van der Waals surface area contributed by atoms with Crippen LogP contribution in [0.3, 0.4) is 0 Å². The van der Waals surface area contributed by atoms with E-state index in [1.165, 1.54) is 0 Å². The summed E-state index contributed by atoms with van der Waals surface area (Å²) in [5.41, 5.74) is 1.15. The zero-order valence-electron chi connectivity index (χ0n) is 19.2. The van der Waals surface area contributed by atoms with Crippen molar-refractivity contribution in [2.45, 2.75) is 32.8 Å². The van der Waals surface area contributed by atoms with Gasteiger partial charge < -0.3 is 24.2 Å². The summed E-state index contributed by atoms with van der Waals surface area (Å²) in [5.74, 6) is -0.445. The average molecular weight is 446 g/mol. The Morgan fingerprint density at radius 2 is 1.91 bits per heavy atom. The molecule has 1 aromatic rings. The summed E-state index contributed by atoms with van der Waals surface area (Å²) in [6.07, 6.45) is 0.984. The molecule has 2 aliphatic rings. The highest BCUT2D eigenvalue weighted by Crippen LogP contribution is 2.18. The smallest absolute Gasteiger partial charge is 0.248 e. The fourth-order valence-electron chi connectivity index (χ4n) is 4.22. The molecular weight excluding hydrogens is 410 g/mol. The van der Waals surface area contributed by atoms with E-state index in [1.54, 1.807) is 14.7 Å². The molecule has 2 fully saturated rings. The molecule has 0 aromatic heterocycles. The van der Waals surface area contributed by atoms with E-state index in [0.717, 1.165) is 12.0 Å². The maximum absolute atomic E-state index is 13.0. The molecule has 0 N–H and O–H groups in total. The van der Waals surface area contributed by atoms with Crippen LogP contribution in [-0.4, -0.2) is 97.6 Å². The van der Waals surface area contributed by atoms with Gasteiger partial charge >= 0.3 is 0 Å². The number of likely N-dealkylation sites (N-methyl/N-ethyl adjacent to an activating group) is 1. The summed E-state index contributed by atoms with van der Waals surface area (Å²) in [6.45, 7) is 7.26. The number of hydrogen-bond donors (Lipinski definition) is 0. The van der Waals surface area contributed by atoms with Crippen LogP contribution in [0, 0.1) is 5.92 Å². The number of benzene rings is 1. The Morgan fingerprint density at radius 1 is 1.16 bits per heavy atom. The molecule has 0 bridgehead atoms. The molecule has 2 atom stereocenters. The van der Waals surface area contributed by atoms with Crippen LogP contribution < -0.4 is 0 Å². The second kappa shape index (κ2) is 12.0. The Morgan fingerprint density at radius 3 is 2.56 bits per heavy atom. The highest BCUT2D eigenvalue weighted by molar-refractivity contribution is 5.86. The van der Waals surface area contributed by atoms with Crippen LogP contribution >= 0.6 is 0 Å². The first-order chi connectivity index (χ1) is 15.5. The van der Waals surface area contributed by atoms with Gasteiger partial charge in [0.15, 0.2) is 0 Å². The van der Waals surface area contributed by atoms with Gasteiger partial charge in [0.05, 0.1) is 25.2 Å². The maximum Gasteiger partial charge on any atom is 0.248 e. The summed E-state index contributed by atoms with van der Waals surface area (Å²) in [6, 6.07) is 10.0. The van der Waals surface area contributed by atoms with Gasteiger partial charge in [-0.15, -0.1) is 0 Å². The first kappa shape index (κ1) is 24.2. The number of rotatable bonds is 9. The van der Waals surface area contributed by atoms with Gasteiger partial charge in [-0.25, -0.2) is 0 Å². The molecule has 1 aromatic carbocycles. The molecule has 32 heavy (non-hydrogen) atoms. The minimum Gasteiger partial charge on any atom is -0.381 e. The van der Waals surface area contributed by atoms with Crippen molar-refractivity contribution in [2.75, 3.05) is 59.1 Å². The molecule has 8 nitrogen and oxygen atoms in total. The Hall–Kier alpha value is -2.45. The monoisotopic (exact) mass is 445 g/mol. The van der Waals surface area contributed by atoms with Crippen molar-refractivity contribution in [3.05, 3.63) is 35.9 Å². The fourth-order valence-corrected chi connectivity index (χ4v) is 4.22. The van der Waals surface area contributed by atoms with Crippen LogP contribution in [0.25, 0.3) is 0 Å². The number of nitrogens with zero attached hydrogens (tertiary/aromatic N) is 3. The minimum absolute atomic E-state index is 0.0357. The van der Waals surface area contributed by atoms with E-state index in [-0.39, 0.29) is 36.8 Å². The predicted octanol–water partition coefficient (Wildman–Crippen LogP) is 1.19. The highest BCUT2D eigenvalue weighted by Gasteiger charge is 2.35. The standard InChI is InChI=1S/C24H35N3O5/c1-3-25(4-2)23(29)18-32-21-14-26(12-10-19-8-6-5-7-9-19)22(28)16-27(15-21)24(30)20-11-13-31-17-20/h5-9,20-21H,3-4,10-18H2,1-2H3. The lowest BCUT2D eigenvalue weighted by atomic mass is 10.1. The van der Waals surface area contributed by atoms with Gasteiger partial charge in [-0.2, -0.15) is 0 Å². The van der Waals surface area contributed by atoms with Crippen molar-refractivity contribution in [3.63, 3.8) is 0 Å². The van der Waals surface area contributed by atoms with Crippen LogP contribution in [0.5, 0.6) is 0 Å². The highest BCUT2D eigenvalue weighted by atomic mass is 16.5. The van der Waals surface area contributed by atoms with Gasteiger partial charge in [-0.1, -0.05) is 30.3 Å². The molecule has 2 unspecified atom stereocenters. The second-order valence-electron chi connectivity index (χ2n) is 8.35. The molecule has 0 aliphatic carbocycles. The summed E-state index contributed by atoms with van der Waals surface area (Å²) in [7, 11) is 0. The Kier molecular flexibility index (Phi) is 9.05. The minimum atomic E-state index is -0.414. The first-order valence-corrected chi connectivity index (χ1v) is 11.6. The molecule has 3 amide bonds. The van der Waals surface area contributed by atoms with Gasteiger partial charge in [0, 0.05) is 39.3 Å². The predicted molar refractivity (Wildman–Crippen MR) is 120 cm³/mol. The molecule has 2 saturated heterocycles. The molecule has 0 spiro atoms. The number of carbonyl (C=O) groups is 3. The normalized spacial score (nSPS) is 21.5. The molecule has 3 rings (SSSR count). The maximum atomic E-state index is 13.0. The van der Waals surface area contributed by atoms with Crippen molar-refractivity contribution < 1.29 is 23.9 Å². The van der Waals surface area contributed by atoms with E-state index < -0.39 is 6.10 Å². The molecule has 2 heterocycles. The topological polar surface area (TPSA) is 79.4 Å². The SMILES string of the molecule is CCN(CC)C(=O)COC1CN(CCc2ccccc2)C(=O)CN(C(=O)C2CCOC2)C1. The average Bonchev–Trinajstić information content (AvgIpc) is 3.29. The largest absolute Gasteiger partial charge is 0.381 e. The van der Waals surface area contributed by atoms with Crippen LogP contribution in [0.2, 0.25) is 0 Å². The van der Waals surface area contributed by atoms with Gasteiger partial charge in [-0.05, 0) is 32.3 Å². The van der Waals surface area contributed by atoms with Gasteiger partial charge in [-0.3, -0.25) is 14.4 Å². The van der Waals surface area contributed by atoms with E-state index in [9.17, 15) is 14.4 Å². The molecule has 0 saturated carbocycles. The van der Waals surface area contributed by atoms with Crippen LogP contribution in [-0.2, 0) is 30.3 Å². The summed E-state index contributed by atoms with van der Waals surface area (Å²) < 4.78 is 11.3. The molecular formula is C24H35N3O5. The Labute approximate surface area is 190 Å². The van der Waals surface area contributed by atoms with Gasteiger partial charge in [0.2, 0.25) is 17.7 Å². The lowest BCUT2D eigenvalue weighted by Crippen LogP contribution is -2.43. The van der Waals surface area contributed by atoms with E-state index in [1.807, 2.05) is 44.2 Å². The zero-order valence-corrected chi connectivity index (χ0v) is 19.2. The summed E-state index contributed by atoms with van der Waals surface area (Å²) in [4.78, 5) is 43.5. The number of ether oxygens (including phenoxy) is 2. The van der Waals surface area contributed by atoms with Crippen molar-refractivity contribution in [3.8, 4) is 0 Å². The quantitative estimate of drug-likeness (QED) is 0.571. The van der Waals surface area contributed by atoms with E-state index >= 15 is 0 Å². The van der Waals surface area contributed by atoms with E-state index in [0.29, 0.717) is 52.4 Å². The van der Waals surface area contributed by atoms with Crippen molar-refractivity contribution in [1.82, 2.24) is 14.7 Å². The van der Waals surface area contributed by atoms with Gasteiger partial charge in [0.1, 0.15) is 6.61 Å². The number of hydrogen-bond acceptors (Lipinski definition) is 5. The van der Waals surface area contributed by atoms with Crippen molar-refractivity contribution >= 4 is 17.7 Å². The third-order valence-corrected chi connectivity index (χ3v) is 6.19. The van der Waals surface area contributed by atoms with Crippen LogP contribution in [0.4, 0.5) is 0 Å². The number of carbonyl (C=O) groups excluding carboxylic acids is 3. The van der Waals surface area contributed by atoms with E-state index in [4.69, 9.17) is 9.47 Å². The van der Waals surface area contributed by atoms with Crippen molar-refractivity contribution in [1.29, 1.82) is 0 Å². The Bertz CT molecular complexity index is 762. The lowest BCUT2D eigenvalue weighted by molar-refractivity contribution is -0.142. The van der Waals surface area contributed by atoms with Crippen LogP contribution in [0.15, 0.2) is 30.3 Å². The summed E-state index contributed by atoms with van der Waals surface area (Å²) >= 11 is 0.